The molecule has 3 N–H and O–H groups in total. The fourth-order valence-corrected chi connectivity index (χ4v) is 2.88. The number of nitrogens with one attached hydrogen (secondary N) is 2. The summed E-state index contributed by atoms with van der Waals surface area (Å²) in [4.78, 5) is 10.9. The molecular formula is C16H24N2O2. The van der Waals surface area contributed by atoms with E-state index < -0.39 is 5.97 Å². The molecule has 1 aromatic rings. The van der Waals surface area contributed by atoms with Gasteiger partial charge in [-0.2, -0.15) is 0 Å². The largest absolute Gasteiger partial charge is 0.478 e. The van der Waals surface area contributed by atoms with Crippen molar-refractivity contribution in [2.24, 2.45) is 11.8 Å². The van der Waals surface area contributed by atoms with Gasteiger partial charge in [-0.3, -0.25) is 0 Å². The Kier molecular flexibility index (Phi) is 5.15. The highest BCUT2D eigenvalue weighted by atomic mass is 16.4. The zero-order chi connectivity index (χ0) is 14.5. The third-order valence-corrected chi connectivity index (χ3v) is 4.12. The molecule has 0 saturated carbocycles. The van der Waals surface area contributed by atoms with Gasteiger partial charge < -0.3 is 15.7 Å². The summed E-state index contributed by atoms with van der Waals surface area (Å²) in [5, 5.41) is 16.0. The van der Waals surface area contributed by atoms with Crippen molar-refractivity contribution in [3.8, 4) is 0 Å². The number of carboxylic acid groups (broad SMARTS) is 1. The normalized spacial score (nSPS) is 20.9. The van der Waals surface area contributed by atoms with Gasteiger partial charge in [-0.25, -0.2) is 4.79 Å². The number of carbonyl (C=O) groups is 1. The summed E-state index contributed by atoms with van der Waals surface area (Å²) < 4.78 is 0. The topological polar surface area (TPSA) is 61.4 Å². The molecule has 1 fully saturated rings. The van der Waals surface area contributed by atoms with Gasteiger partial charge in [0.1, 0.15) is 0 Å². The van der Waals surface area contributed by atoms with Crippen LogP contribution < -0.4 is 10.6 Å². The van der Waals surface area contributed by atoms with Crippen LogP contribution in [0.2, 0.25) is 0 Å². The summed E-state index contributed by atoms with van der Waals surface area (Å²) in [7, 11) is 0. The molecule has 0 radical (unpaired) electrons. The van der Waals surface area contributed by atoms with Crippen molar-refractivity contribution in [3.63, 3.8) is 0 Å². The van der Waals surface area contributed by atoms with Crippen LogP contribution in [0.1, 0.15) is 29.8 Å². The van der Waals surface area contributed by atoms with Crippen molar-refractivity contribution >= 4 is 5.97 Å². The Balaban J connectivity index is 2.05. The lowest BCUT2D eigenvalue weighted by Gasteiger charge is -2.34. The molecule has 20 heavy (non-hydrogen) atoms. The first-order valence-electron chi connectivity index (χ1n) is 7.34. The van der Waals surface area contributed by atoms with Crippen LogP contribution in [0.4, 0.5) is 0 Å². The molecule has 1 aromatic carbocycles. The van der Waals surface area contributed by atoms with Gasteiger partial charge in [-0.05, 0) is 36.0 Å². The van der Waals surface area contributed by atoms with E-state index in [1.165, 1.54) is 5.56 Å². The Labute approximate surface area is 120 Å². The van der Waals surface area contributed by atoms with E-state index in [9.17, 15) is 4.79 Å². The molecule has 1 aliphatic rings. The molecule has 2 rings (SSSR count). The number of rotatable bonds is 5. The average Bonchev–Trinajstić information content (AvgIpc) is 2.46. The molecule has 1 saturated heterocycles. The first-order chi connectivity index (χ1) is 9.58. The SMILES string of the molecule is CC(C)[C@@H](Cc1ccc(C(=O)O)cc1)C1CNCCN1. The lowest BCUT2D eigenvalue weighted by molar-refractivity contribution is 0.0697. The summed E-state index contributed by atoms with van der Waals surface area (Å²) in [5.74, 6) is 0.278. The van der Waals surface area contributed by atoms with Crippen LogP contribution in [-0.2, 0) is 6.42 Å². The minimum Gasteiger partial charge on any atom is -0.478 e. The monoisotopic (exact) mass is 276 g/mol. The van der Waals surface area contributed by atoms with E-state index in [4.69, 9.17) is 5.11 Å². The molecule has 1 aliphatic heterocycles. The molecule has 4 heteroatoms. The molecule has 0 bridgehead atoms. The summed E-state index contributed by atoms with van der Waals surface area (Å²) in [6, 6.07) is 7.76. The van der Waals surface area contributed by atoms with Crippen LogP contribution in [0.15, 0.2) is 24.3 Å². The van der Waals surface area contributed by atoms with Crippen molar-refractivity contribution in [2.45, 2.75) is 26.3 Å². The second-order valence-electron chi connectivity index (χ2n) is 5.88. The molecule has 110 valence electrons. The number of benzene rings is 1. The van der Waals surface area contributed by atoms with Gasteiger partial charge in [0.05, 0.1) is 5.56 Å². The summed E-state index contributed by atoms with van der Waals surface area (Å²) in [5.41, 5.74) is 1.56. The molecule has 1 unspecified atom stereocenters. The highest BCUT2D eigenvalue weighted by Gasteiger charge is 2.25. The van der Waals surface area contributed by atoms with Gasteiger partial charge in [-0.1, -0.05) is 26.0 Å². The maximum Gasteiger partial charge on any atom is 0.335 e. The lowest BCUT2D eigenvalue weighted by Crippen LogP contribution is -2.53. The van der Waals surface area contributed by atoms with E-state index in [1.807, 2.05) is 12.1 Å². The molecular weight excluding hydrogens is 252 g/mol. The van der Waals surface area contributed by atoms with Gasteiger partial charge in [0.2, 0.25) is 0 Å². The van der Waals surface area contributed by atoms with Crippen LogP contribution in [0.25, 0.3) is 0 Å². The van der Waals surface area contributed by atoms with Gasteiger partial charge in [-0.15, -0.1) is 0 Å². The predicted octanol–water partition coefficient (Wildman–Crippen LogP) is 1.76. The standard InChI is InChI=1S/C16H24N2O2/c1-11(2)14(15-10-17-7-8-18-15)9-12-3-5-13(6-4-12)16(19)20/h3-6,11,14-15,17-18H,7-10H2,1-2H3,(H,19,20)/t14-,15?/m1/s1. The van der Waals surface area contributed by atoms with Crippen LogP contribution in [-0.4, -0.2) is 36.8 Å². The van der Waals surface area contributed by atoms with Gasteiger partial charge in [0, 0.05) is 25.7 Å². The molecule has 0 aliphatic carbocycles. The summed E-state index contributed by atoms with van der Waals surface area (Å²) in [6.07, 6.45) is 0.983. The molecule has 0 aromatic heterocycles. The highest BCUT2D eigenvalue weighted by molar-refractivity contribution is 5.87. The van der Waals surface area contributed by atoms with E-state index in [1.54, 1.807) is 12.1 Å². The molecule has 2 atom stereocenters. The van der Waals surface area contributed by atoms with Crippen LogP contribution in [0.5, 0.6) is 0 Å². The van der Waals surface area contributed by atoms with Crippen LogP contribution >= 0.6 is 0 Å². The van der Waals surface area contributed by atoms with E-state index in [2.05, 4.69) is 24.5 Å². The smallest absolute Gasteiger partial charge is 0.335 e. The molecule has 0 amide bonds. The van der Waals surface area contributed by atoms with E-state index >= 15 is 0 Å². The van der Waals surface area contributed by atoms with Gasteiger partial charge in [0.15, 0.2) is 0 Å². The van der Waals surface area contributed by atoms with Crippen LogP contribution in [0.3, 0.4) is 0 Å². The van der Waals surface area contributed by atoms with Crippen molar-refractivity contribution in [3.05, 3.63) is 35.4 Å². The Hall–Kier alpha value is -1.39. The Morgan fingerprint density at radius 1 is 1.30 bits per heavy atom. The maximum atomic E-state index is 10.9. The number of aromatic carboxylic acids is 1. The Bertz CT molecular complexity index is 436. The highest BCUT2D eigenvalue weighted by Crippen LogP contribution is 2.22. The van der Waals surface area contributed by atoms with E-state index in [-0.39, 0.29) is 0 Å². The van der Waals surface area contributed by atoms with Crippen molar-refractivity contribution in [1.29, 1.82) is 0 Å². The second-order valence-corrected chi connectivity index (χ2v) is 5.88. The Morgan fingerprint density at radius 2 is 2.00 bits per heavy atom. The second kappa shape index (κ2) is 6.86. The number of hydrogen-bond donors (Lipinski definition) is 3. The summed E-state index contributed by atoms with van der Waals surface area (Å²) in [6.45, 7) is 7.58. The lowest BCUT2D eigenvalue weighted by atomic mass is 9.82. The number of piperazine rings is 1. The van der Waals surface area contributed by atoms with Crippen molar-refractivity contribution < 1.29 is 9.90 Å². The predicted molar refractivity (Wildman–Crippen MR) is 80.1 cm³/mol. The minimum absolute atomic E-state index is 0.354. The van der Waals surface area contributed by atoms with E-state index in [0.717, 1.165) is 26.1 Å². The Morgan fingerprint density at radius 3 is 2.50 bits per heavy atom. The molecule has 4 nitrogen and oxygen atoms in total. The van der Waals surface area contributed by atoms with Crippen molar-refractivity contribution in [2.75, 3.05) is 19.6 Å². The van der Waals surface area contributed by atoms with Gasteiger partial charge >= 0.3 is 5.97 Å². The molecule has 0 spiro atoms. The fourth-order valence-electron chi connectivity index (χ4n) is 2.88. The maximum absolute atomic E-state index is 10.9. The first-order valence-corrected chi connectivity index (χ1v) is 7.34. The number of carboxylic acids is 1. The molecule has 1 heterocycles. The van der Waals surface area contributed by atoms with Crippen LogP contribution in [0, 0.1) is 11.8 Å². The third kappa shape index (κ3) is 3.81. The quantitative estimate of drug-likeness (QED) is 0.767. The van der Waals surface area contributed by atoms with E-state index in [0.29, 0.717) is 23.4 Å². The third-order valence-electron chi connectivity index (χ3n) is 4.12. The van der Waals surface area contributed by atoms with Crippen molar-refractivity contribution in [1.82, 2.24) is 10.6 Å². The van der Waals surface area contributed by atoms with Gasteiger partial charge in [0.25, 0.3) is 0 Å². The average molecular weight is 276 g/mol. The zero-order valence-corrected chi connectivity index (χ0v) is 12.2. The minimum atomic E-state index is -0.866. The fraction of sp³-hybridized carbons (Fsp3) is 0.562. The zero-order valence-electron chi connectivity index (χ0n) is 12.2. The first kappa shape index (κ1) is 15.0. The summed E-state index contributed by atoms with van der Waals surface area (Å²) >= 11 is 0. The number of hydrogen-bond acceptors (Lipinski definition) is 3.